The summed E-state index contributed by atoms with van der Waals surface area (Å²) in [5, 5.41) is 0. The second kappa shape index (κ2) is 4.78. The normalized spacial score (nSPS) is 17.1. The van der Waals surface area contributed by atoms with Gasteiger partial charge in [-0.3, -0.25) is 0 Å². The Kier molecular flexibility index (Phi) is 4.66. The van der Waals surface area contributed by atoms with Crippen molar-refractivity contribution >= 4 is 0 Å². The minimum atomic E-state index is -4.50. The van der Waals surface area contributed by atoms with Gasteiger partial charge in [0, 0.05) is 20.6 Å². The monoisotopic (exact) mass is 201 g/mol. The summed E-state index contributed by atoms with van der Waals surface area (Å²) in [5.41, 5.74) is 0. The average Bonchev–Trinajstić information content (AvgIpc) is 2.01. The molecule has 0 fully saturated rings. The van der Waals surface area contributed by atoms with Crippen LogP contribution in [0.25, 0.3) is 0 Å². The second-order valence-electron chi connectivity index (χ2n) is 2.28. The number of halogens is 3. The Morgan fingerprint density at radius 2 is 1.85 bits per heavy atom. The molecule has 1 radical (unpaired) electrons. The third kappa shape index (κ3) is 5.84. The Balaban J connectivity index is 3.97. The summed E-state index contributed by atoms with van der Waals surface area (Å²) in [6, 6.07) is 0. The quantitative estimate of drug-likeness (QED) is 0.637. The first-order chi connectivity index (χ1) is 5.83. The van der Waals surface area contributed by atoms with Crippen LogP contribution in [-0.4, -0.2) is 25.9 Å². The van der Waals surface area contributed by atoms with E-state index in [9.17, 15) is 13.2 Å². The van der Waals surface area contributed by atoms with Gasteiger partial charge in [0.25, 0.3) is 5.97 Å². The molecule has 0 aromatic rings. The lowest BCUT2D eigenvalue weighted by Gasteiger charge is -2.27. The van der Waals surface area contributed by atoms with Gasteiger partial charge in [0.15, 0.2) is 6.61 Å². The molecule has 0 aliphatic carbocycles. The predicted octanol–water partition coefficient (Wildman–Crippen LogP) is 2.08. The number of alkyl halides is 3. The molecule has 0 saturated carbocycles. The topological polar surface area (TPSA) is 27.7 Å². The second-order valence-corrected chi connectivity index (χ2v) is 2.28. The first-order valence-electron chi connectivity index (χ1n) is 3.61. The number of hydrogen-bond donors (Lipinski definition) is 0. The van der Waals surface area contributed by atoms with Crippen molar-refractivity contribution in [3.63, 3.8) is 0 Å². The van der Waals surface area contributed by atoms with Crippen molar-refractivity contribution in [1.82, 2.24) is 0 Å². The van der Waals surface area contributed by atoms with Crippen LogP contribution in [0.2, 0.25) is 0 Å². The first kappa shape index (κ1) is 12.7. The zero-order valence-electron chi connectivity index (χ0n) is 7.64. The van der Waals surface area contributed by atoms with Crippen LogP contribution in [0.15, 0.2) is 0 Å². The first-order valence-corrected chi connectivity index (χ1v) is 3.61. The summed E-state index contributed by atoms with van der Waals surface area (Å²) in [6.45, 7) is 2.79. The van der Waals surface area contributed by atoms with Crippen LogP contribution in [0.1, 0.15) is 13.8 Å². The highest BCUT2D eigenvalue weighted by Crippen LogP contribution is 2.24. The Morgan fingerprint density at radius 1 is 1.31 bits per heavy atom. The van der Waals surface area contributed by atoms with Gasteiger partial charge in [-0.2, -0.15) is 13.2 Å². The van der Waals surface area contributed by atoms with E-state index in [0.29, 0.717) is 0 Å². The minimum Gasteiger partial charge on any atom is -0.331 e. The molecule has 0 amide bonds. The highest BCUT2D eigenvalue weighted by atomic mass is 19.4. The van der Waals surface area contributed by atoms with Crippen LogP contribution < -0.4 is 0 Å². The minimum absolute atomic E-state index is 0.191. The maximum atomic E-state index is 11.7. The molecule has 79 valence electrons. The van der Waals surface area contributed by atoms with E-state index >= 15 is 0 Å². The molecular weight excluding hydrogens is 189 g/mol. The van der Waals surface area contributed by atoms with Gasteiger partial charge in [0.2, 0.25) is 0 Å². The smallest absolute Gasteiger partial charge is 0.331 e. The molecule has 0 aliphatic rings. The van der Waals surface area contributed by atoms with E-state index in [-0.39, 0.29) is 13.2 Å². The van der Waals surface area contributed by atoms with Gasteiger partial charge < -0.3 is 14.2 Å². The van der Waals surface area contributed by atoms with Crippen LogP contribution in [0.3, 0.4) is 0 Å². The van der Waals surface area contributed by atoms with Gasteiger partial charge in [-0.05, 0) is 6.92 Å². The zero-order valence-corrected chi connectivity index (χ0v) is 7.64. The van der Waals surface area contributed by atoms with Crippen molar-refractivity contribution < 1.29 is 27.4 Å². The summed E-state index contributed by atoms with van der Waals surface area (Å²) in [5.74, 6) is -1.68. The molecule has 1 unspecified atom stereocenters. The van der Waals surface area contributed by atoms with E-state index in [0.717, 1.165) is 0 Å². The summed E-state index contributed by atoms with van der Waals surface area (Å²) >= 11 is 0. The highest BCUT2D eigenvalue weighted by Gasteiger charge is 2.35. The summed E-state index contributed by atoms with van der Waals surface area (Å²) in [7, 11) is 1.19. The van der Waals surface area contributed by atoms with E-state index in [4.69, 9.17) is 4.74 Å². The number of hydrogen-bond acceptors (Lipinski definition) is 3. The van der Waals surface area contributed by atoms with Crippen molar-refractivity contribution in [2.24, 2.45) is 0 Å². The molecule has 6 heteroatoms. The van der Waals surface area contributed by atoms with Crippen molar-refractivity contribution in [3.8, 4) is 0 Å². The Labute approximate surface area is 74.8 Å². The molecule has 13 heavy (non-hydrogen) atoms. The van der Waals surface area contributed by atoms with Gasteiger partial charge in [0.1, 0.15) is 0 Å². The molecule has 0 bridgehead atoms. The van der Waals surface area contributed by atoms with Crippen LogP contribution in [0, 0.1) is 6.61 Å². The Morgan fingerprint density at radius 3 is 2.15 bits per heavy atom. The molecular formula is C7H12F3O3. The third-order valence-electron chi connectivity index (χ3n) is 1.18. The molecule has 3 nitrogen and oxygen atoms in total. The van der Waals surface area contributed by atoms with Gasteiger partial charge in [-0.15, -0.1) is 0 Å². The number of rotatable bonds is 5. The van der Waals surface area contributed by atoms with E-state index in [1.807, 2.05) is 0 Å². The Hall–Kier alpha value is -0.330. The van der Waals surface area contributed by atoms with Gasteiger partial charge in [-0.1, -0.05) is 0 Å². The summed E-state index contributed by atoms with van der Waals surface area (Å²) < 4.78 is 48.7. The molecule has 0 rings (SSSR count). The summed E-state index contributed by atoms with van der Waals surface area (Å²) in [4.78, 5) is 0. The molecule has 0 saturated heterocycles. The molecule has 0 N–H and O–H groups in total. The maximum absolute atomic E-state index is 11.7. The van der Waals surface area contributed by atoms with Crippen molar-refractivity contribution in [2.75, 3.05) is 13.7 Å². The lowest BCUT2D eigenvalue weighted by atomic mass is 10.6. The van der Waals surface area contributed by atoms with E-state index in [1.54, 1.807) is 6.92 Å². The highest BCUT2D eigenvalue weighted by molar-refractivity contribution is 4.64. The van der Waals surface area contributed by atoms with E-state index in [1.165, 1.54) is 14.0 Å². The van der Waals surface area contributed by atoms with E-state index in [2.05, 4.69) is 9.47 Å². The lowest BCUT2D eigenvalue weighted by Crippen LogP contribution is -2.35. The number of ether oxygens (including phenoxy) is 3. The third-order valence-corrected chi connectivity index (χ3v) is 1.18. The predicted molar refractivity (Wildman–Crippen MR) is 38.5 cm³/mol. The molecule has 0 aromatic carbocycles. The average molecular weight is 201 g/mol. The van der Waals surface area contributed by atoms with Gasteiger partial charge >= 0.3 is 6.18 Å². The molecule has 1 atom stereocenters. The molecule has 0 aliphatic heterocycles. The Bertz CT molecular complexity index is 148. The largest absolute Gasteiger partial charge is 0.417 e. The fraction of sp³-hybridized carbons (Fsp3) is 0.857. The molecule has 0 spiro atoms. The lowest BCUT2D eigenvalue weighted by molar-refractivity contribution is -0.361. The van der Waals surface area contributed by atoms with Crippen LogP contribution >= 0.6 is 0 Å². The van der Waals surface area contributed by atoms with Crippen LogP contribution in [-0.2, 0) is 14.2 Å². The summed E-state index contributed by atoms with van der Waals surface area (Å²) in [6.07, 6.45) is -4.50. The maximum Gasteiger partial charge on any atom is 0.417 e. The van der Waals surface area contributed by atoms with E-state index < -0.39 is 12.1 Å². The number of methoxy groups -OCH3 is 1. The molecule has 0 heterocycles. The van der Waals surface area contributed by atoms with Gasteiger partial charge in [0.05, 0.1) is 0 Å². The standard InChI is InChI=1S/C7H12F3O3/c1-4-12-6(2,11-3)13-5-7(8,9)10/h5H,4H2,1-3H3. The fourth-order valence-corrected chi connectivity index (χ4v) is 0.577. The van der Waals surface area contributed by atoms with Crippen molar-refractivity contribution in [3.05, 3.63) is 6.61 Å². The molecule has 0 aromatic heterocycles. The van der Waals surface area contributed by atoms with Crippen molar-refractivity contribution in [2.45, 2.75) is 26.0 Å². The SMILES string of the molecule is CCOC(C)(OC)O[CH]C(F)(F)F. The zero-order chi connectivity index (χ0) is 10.5. The van der Waals surface area contributed by atoms with Crippen molar-refractivity contribution in [1.29, 1.82) is 0 Å². The van der Waals surface area contributed by atoms with Crippen LogP contribution in [0.5, 0.6) is 0 Å². The fourth-order valence-electron chi connectivity index (χ4n) is 0.577. The van der Waals surface area contributed by atoms with Crippen LogP contribution in [0.4, 0.5) is 13.2 Å². The van der Waals surface area contributed by atoms with Gasteiger partial charge in [-0.25, -0.2) is 0 Å².